The molecule has 0 aromatic carbocycles. The summed E-state index contributed by atoms with van der Waals surface area (Å²) in [6.45, 7) is -0.586. The Labute approximate surface area is 44.1 Å². The van der Waals surface area contributed by atoms with Crippen LogP contribution in [0.1, 0.15) is 0 Å². The molecule has 44 valence electrons. The quantitative estimate of drug-likeness (QED) is 0.396. The van der Waals surface area contributed by atoms with Crippen molar-refractivity contribution < 1.29 is 8.78 Å². The average molecular weight is 126 g/mol. The molecule has 0 heterocycles. The van der Waals surface area contributed by atoms with E-state index < -0.39 is 0 Å². The Hall–Kier alpha value is 0.290. The van der Waals surface area contributed by atoms with Crippen LogP contribution in [-0.2, 0) is 0 Å². The minimum Gasteiger partial charge on any atom is -0.251 e. The van der Waals surface area contributed by atoms with Gasteiger partial charge in [-0.3, -0.25) is 8.78 Å². The van der Waals surface area contributed by atoms with Gasteiger partial charge in [0.25, 0.3) is 0 Å². The first-order valence-electron chi connectivity index (χ1n) is 2.24. The third-order valence-electron chi connectivity index (χ3n) is 0.543. The molecule has 0 atom stereocenters. The van der Waals surface area contributed by atoms with E-state index in [1.54, 1.807) is 0 Å². The maximum absolute atomic E-state index is 11.2. The Bertz CT molecular complexity index is 28.9. The Morgan fingerprint density at radius 3 is 1.71 bits per heavy atom. The van der Waals surface area contributed by atoms with E-state index in [9.17, 15) is 8.78 Å². The summed E-state index contributed by atoms with van der Waals surface area (Å²) in [5.41, 5.74) is 0. The van der Waals surface area contributed by atoms with Crippen molar-refractivity contribution in [3.05, 3.63) is 0 Å². The van der Waals surface area contributed by atoms with Crippen molar-refractivity contribution in [3.8, 4) is 0 Å². The van der Waals surface area contributed by atoms with Gasteiger partial charge < -0.3 is 0 Å². The molecule has 0 rings (SSSR count). The predicted molar refractivity (Wildman–Crippen MR) is 30.0 cm³/mol. The highest BCUT2D eigenvalue weighted by Crippen LogP contribution is 2.07. The molecule has 0 aliphatic rings. The summed E-state index contributed by atoms with van der Waals surface area (Å²) in [5, 5.41) is 0. The Balaban J connectivity index is 2.45. The standard InChI is InChI=1S/C4H9F2P/c5-1-3-7-4-2-6/h7H,1-4H2. The third kappa shape index (κ3) is 6.29. The Morgan fingerprint density at radius 1 is 1.00 bits per heavy atom. The fourth-order valence-corrected chi connectivity index (χ4v) is 0.776. The molecule has 0 radical (unpaired) electrons. The maximum atomic E-state index is 11.2. The van der Waals surface area contributed by atoms with Crippen LogP contribution in [0.2, 0.25) is 0 Å². The van der Waals surface area contributed by atoms with Crippen molar-refractivity contribution in [3.63, 3.8) is 0 Å². The second kappa shape index (κ2) is 6.29. The number of hydrogen-bond donors (Lipinski definition) is 0. The molecule has 0 spiro atoms. The lowest BCUT2D eigenvalue weighted by atomic mass is 10.9. The summed E-state index contributed by atoms with van der Waals surface area (Å²) < 4.78 is 22.4. The van der Waals surface area contributed by atoms with Crippen LogP contribution in [0.15, 0.2) is 0 Å². The van der Waals surface area contributed by atoms with Gasteiger partial charge in [0.05, 0.1) is 13.3 Å². The fraction of sp³-hybridized carbons (Fsp3) is 1.00. The summed E-state index contributed by atoms with van der Waals surface area (Å²) in [5.74, 6) is 0. The first kappa shape index (κ1) is 7.29. The van der Waals surface area contributed by atoms with E-state index in [1.165, 1.54) is 0 Å². The normalized spacial score (nSPS) is 9.43. The van der Waals surface area contributed by atoms with Crippen molar-refractivity contribution in [1.82, 2.24) is 0 Å². The fourth-order valence-electron chi connectivity index (χ4n) is 0.259. The van der Waals surface area contributed by atoms with Crippen molar-refractivity contribution in [1.29, 1.82) is 0 Å². The van der Waals surface area contributed by atoms with Crippen LogP contribution in [0.3, 0.4) is 0 Å². The number of alkyl halides is 2. The van der Waals surface area contributed by atoms with E-state index in [0.29, 0.717) is 20.9 Å². The number of halogens is 2. The van der Waals surface area contributed by atoms with Crippen LogP contribution >= 0.6 is 8.58 Å². The van der Waals surface area contributed by atoms with Crippen LogP contribution < -0.4 is 0 Å². The van der Waals surface area contributed by atoms with Crippen LogP contribution in [0.4, 0.5) is 8.78 Å². The molecule has 3 heteroatoms. The monoisotopic (exact) mass is 126 g/mol. The van der Waals surface area contributed by atoms with E-state index in [2.05, 4.69) is 0 Å². The molecule has 0 aliphatic carbocycles. The molecule has 0 aliphatic heterocycles. The van der Waals surface area contributed by atoms with Gasteiger partial charge in [-0.2, -0.15) is 0 Å². The van der Waals surface area contributed by atoms with E-state index >= 15 is 0 Å². The SMILES string of the molecule is FCCPCCF. The van der Waals surface area contributed by atoms with Gasteiger partial charge in [0.15, 0.2) is 0 Å². The summed E-state index contributed by atoms with van der Waals surface area (Å²) in [7, 11) is 0.482. The molecule has 0 aromatic heterocycles. The molecular weight excluding hydrogens is 117 g/mol. The van der Waals surface area contributed by atoms with E-state index in [1.807, 2.05) is 0 Å². The molecule has 0 saturated carbocycles. The maximum Gasteiger partial charge on any atom is 0.0931 e. The molecule has 0 bridgehead atoms. The second-order valence-corrected chi connectivity index (χ2v) is 2.63. The summed E-state index contributed by atoms with van der Waals surface area (Å²) in [6.07, 6.45) is 1.09. The van der Waals surface area contributed by atoms with Crippen LogP contribution in [0.25, 0.3) is 0 Å². The van der Waals surface area contributed by atoms with Gasteiger partial charge in [-0.1, -0.05) is 0 Å². The molecular formula is C4H9F2P. The summed E-state index contributed by atoms with van der Waals surface area (Å²) in [6, 6.07) is 0. The molecule has 0 aromatic rings. The summed E-state index contributed by atoms with van der Waals surface area (Å²) >= 11 is 0. The Morgan fingerprint density at radius 2 is 1.43 bits per heavy atom. The molecule has 7 heavy (non-hydrogen) atoms. The zero-order valence-electron chi connectivity index (χ0n) is 4.08. The smallest absolute Gasteiger partial charge is 0.0931 e. The molecule has 0 unspecified atom stereocenters. The van der Waals surface area contributed by atoms with Crippen molar-refractivity contribution in [2.75, 3.05) is 25.7 Å². The minimum absolute atomic E-state index is 0.293. The highest BCUT2D eigenvalue weighted by atomic mass is 31.1. The lowest BCUT2D eigenvalue weighted by Crippen LogP contribution is -1.81. The van der Waals surface area contributed by atoms with Crippen LogP contribution in [0, 0.1) is 0 Å². The molecule has 0 saturated heterocycles. The lowest BCUT2D eigenvalue weighted by molar-refractivity contribution is 0.524. The van der Waals surface area contributed by atoms with E-state index in [0.717, 1.165) is 0 Å². The molecule has 0 N–H and O–H groups in total. The van der Waals surface area contributed by atoms with Crippen molar-refractivity contribution in [2.24, 2.45) is 0 Å². The summed E-state index contributed by atoms with van der Waals surface area (Å²) in [4.78, 5) is 0. The first-order chi connectivity index (χ1) is 3.41. The third-order valence-corrected chi connectivity index (χ3v) is 1.63. The lowest BCUT2D eigenvalue weighted by Gasteiger charge is -1.88. The van der Waals surface area contributed by atoms with Gasteiger partial charge in [-0.15, -0.1) is 8.58 Å². The molecule has 0 amide bonds. The molecule has 0 fully saturated rings. The van der Waals surface area contributed by atoms with Gasteiger partial charge in [0.2, 0.25) is 0 Å². The van der Waals surface area contributed by atoms with E-state index in [4.69, 9.17) is 0 Å². The first-order valence-corrected chi connectivity index (χ1v) is 3.66. The van der Waals surface area contributed by atoms with Crippen molar-refractivity contribution in [2.45, 2.75) is 0 Å². The number of rotatable bonds is 4. The minimum atomic E-state index is -0.293. The average Bonchev–Trinajstić information content (AvgIpc) is 1.69. The topological polar surface area (TPSA) is 0 Å². The van der Waals surface area contributed by atoms with Gasteiger partial charge >= 0.3 is 0 Å². The zero-order chi connectivity index (χ0) is 5.54. The van der Waals surface area contributed by atoms with Gasteiger partial charge in [-0.05, 0) is 12.3 Å². The van der Waals surface area contributed by atoms with E-state index in [-0.39, 0.29) is 13.3 Å². The second-order valence-electron chi connectivity index (χ2n) is 1.13. The predicted octanol–water partition coefficient (Wildman–Crippen LogP) is 1.60. The van der Waals surface area contributed by atoms with Gasteiger partial charge in [-0.25, -0.2) is 0 Å². The van der Waals surface area contributed by atoms with Crippen LogP contribution in [0.5, 0.6) is 0 Å². The Kier molecular flexibility index (Phi) is 6.55. The van der Waals surface area contributed by atoms with Gasteiger partial charge in [0.1, 0.15) is 0 Å². The van der Waals surface area contributed by atoms with Gasteiger partial charge in [0, 0.05) is 0 Å². The number of hydrogen-bond acceptors (Lipinski definition) is 0. The zero-order valence-corrected chi connectivity index (χ0v) is 5.08. The largest absolute Gasteiger partial charge is 0.251 e. The highest BCUT2D eigenvalue weighted by molar-refractivity contribution is 7.38. The van der Waals surface area contributed by atoms with Crippen molar-refractivity contribution >= 4 is 8.58 Å². The highest BCUT2D eigenvalue weighted by Gasteiger charge is 1.83. The van der Waals surface area contributed by atoms with Crippen LogP contribution in [-0.4, -0.2) is 25.7 Å². The molecule has 0 nitrogen and oxygen atoms in total.